The van der Waals surface area contributed by atoms with E-state index in [2.05, 4.69) is 15.6 Å². The standard InChI is InChI=1S/C19H14ClN3O2/c20-12-5-6-16-14(7-12)15(8-18(24)22-16)19(25)23-17-10-21-9-11-3-1-2-4-13(11)17/h1-7,9-10,15H,8H2,(H,22,24)(H,23,25)/t15-/m1/s1. The van der Waals surface area contributed by atoms with E-state index in [-0.39, 0.29) is 18.2 Å². The predicted molar refractivity (Wildman–Crippen MR) is 97.8 cm³/mol. The van der Waals surface area contributed by atoms with Crippen LogP contribution in [-0.2, 0) is 9.59 Å². The first-order valence-corrected chi connectivity index (χ1v) is 8.22. The van der Waals surface area contributed by atoms with E-state index >= 15 is 0 Å². The molecular formula is C19H14ClN3O2. The van der Waals surface area contributed by atoms with Crippen LogP contribution in [0.25, 0.3) is 10.8 Å². The summed E-state index contributed by atoms with van der Waals surface area (Å²) in [6, 6.07) is 12.8. The van der Waals surface area contributed by atoms with Gasteiger partial charge in [-0.3, -0.25) is 14.6 Å². The van der Waals surface area contributed by atoms with E-state index in [1.54, 1.807) is 30.6 Å². The van der Waals surface area contributed by atoms with Crippen LogP contribution in [0.3, 0.4) is 0 Å². The lowest BCUT2D eigenvalue weighted by Gasteiger charge is -2.25. The molecule has 0 unspecified atom stereocenters. The zero-order chi connectivity index (χ0) is 17.4. The van der Waals surface area contributed by atoms with E-state index in [4.69, 9.17) is 11.6 Å². The third-order valence-corrected chi connectivity index (χ3v) is 4.53. The highest BCUT2D eigenvalue weighted by Gasteiger charge is 2.31. The fraction of sp³-hybridized carbons (Fsp3) is 0.105. The number of benzene rings is 2. The van der Waals surface area contributed by atoms with Gasteiger partial charge in [-0.15, -0.1) is 0 Å². The molecule has 0 fully saturated rings. The van der Waals surface area contributed by atoms with Crippen molar-refractivity contribution in [3.63, 3.8) is 0 Å². The van der Waals surface area contributed by atoms with E-state index in [0.29, 0.717) is 16.4 Å². The van der Waals surface area contributed by atoms with Gasteiger partial charge in [0.15, 0.2) is 0 Å². The summed E-state index contributed by atoms with van der Waals surface area (Å²) in [5.74, 6) is -1.04. The smallest absolute Gasteiger partial charge is 0.232 e. The molecule has 0 spiro atoms. The van der Waals surface area contributed by atoms with Crippen molar-refractivity contribution in [1.82, 2.24) is 4.98 Å². The number of carbonyl (C=O) groups excluding carboxylic acids is 2. The fourth-order valence-corrected chi connectivity index (χ4v) is 3.28. The molecule has 0 aliphatic carbocycles. The first kappa shape index (κ1) is 15.6. The summed E-state index contributed by atoms with van der Waals surface area (Å²) >= 11 is 6.07. The summed E-state index contributed by atoms with van der Waals surface area (Å²) in [7, 11) is 0. The number of nitrogens with zero attached hydrogens (tertiary/aromatic N) is 1. The van der Waals surface area contributed by atoms with Crippen molar-refractivity contribution in [2.75, 3.05) is 10.6 Å². The zero-order valence-electron chi connectivity index (χ0n) is 13.1. The molecule has 0 bridgehead atoms. The summed E-state index contributed by atoms with van der Waals surface area (Å²) in [5, 5.41) is 8.05. The maximum atomic E-state index is 12.9. The van der Waals surface area contributed by atoms with E-state index in [1.807, 2.05) is 24.3 Å². The van der Waals surface area contributed by atoms with Crippen LogP contribution in [0.1, 0.15) is 17.9 Å². The lowest BCUT2D eigenvalue weighted by Crippen LogP contribution is -2.30. The van der Waals surface area contributed by atoms with Crippen LogP contribution >= 0.6 is 11.6 Å². The van der Waals surface area contributed by atoms with Crippen LogP contribution in [0.15, 0.2) is 54.9 Å². The second-order valence-corrected chi connectivity index (χ2v) is 6.37. The molecule has 1 aliphatic heterocycles. The molecule has 2 aromatic carbocycles. The number of hydrogen-bond acceptors (Lipinski definition) is 3. The van der Waals surface area contributed by atoms with Gasteiger partial charge in [0, 0.05) is 34.1 Å². The van der Waals surface area contributed by atoms with Gasteiger partial charge in [-0.25, -0.2) is 0 Å². The van der Waals surface area contributed by atoms with Gasteiger partial charge in [-0.1, -0.05) is 35.9 Å². The first-order valence-electron chi connectivity index (χ1n) is 7.85. The van der Waals surface area contributed by atoms with Gasteiger partial charge >= 0.3 is 0 Å². The molecule has 3 aromatic rings. The van der Waals surface area contributed by atoms with Crippen LogP contribution in [0.2, 0.25) is 5.02 Å². The topological polar surface area (TPSA) is 71.1 Å². The average Bonchev–Trinajstić information content (AvgIpc) is 2.61. The molecule has 0 radical (unpaired) electrons. The monoisotopic (exact) mass is 351 g/mol. The Morgan fingerprint density at radius 2 is 2.04 bits per heavy atom. The van der Waals surface area contributed by atoms with Gasteiger partial charge in [0.1, 0.15) is 0 Å². The third kappa shape index (κ3) is 2.94. The number of aromatic nitrogens is 1. The fourth-order valence-electron chi connectivity index (χ4n) is 3.10. The van der Waals surface area contributed by atoms with Crippen LogP contribution in [0, 0.1) is 0 Å². The molecule has 6 heteroatoms. The number of nitrogens with one attached hydrogen (secondary N) is 2. The zero-order valence-corrected chi connectivity index (χ0v) is 13.9. The first-order chi connectivity index (χ1) is 12.1. The second kappa shape index (κ2) is 6.18. The van der Waals surface area contributed by atoms with E-state index in [0.717, 1.165) is 16.3 Å². The van der Waals surface area contributed by atoms with Gasteiger partial charge < -0.3 is 10.6 Å². The Hall–Kier alpha value is -2.92. The third-order valence-electron chi connectivity index (χ3n) is 4.30. The Morgan fingerprint density at radius 3 is 2.92 bits per heavy atom. The quantitative estimate of drug-likeness (QED) is 0.734. The lowest BCUT2D eigenvalue weighted by atomic mass is 9.89. The largest absolute Gasteiger partial charge is 0.326 e. The predicted octanol–water partition coefficient (Wildman–Crippen LogP) is 3.95. The molecule has 2 amide bonds. The summed E-state index contributed by atoms with van der Waals surface area (Å²) < 4.78 is 0. The number of halogens is 1. The number of fused-ring (bicyclic) bond motifs is 2. The van der Waals surface area contributed by atoms with Gasteiger partial charge in [0.05, 0.1) is 17.8 Å². The van der Waals surface area contributed by atoms with Crippen LogP contribution in [0.5, 0.6) is 0 Å². The SMILES string of the molecule is O=C1C[C@@H](C(=O)Nc2cncc3ccccc23)c2cc(Cl)ccc2N1. The number of rotatable bonds is 2. The highest BCUT2D eigenvalue weighted by molar-refractivity contribution is 6.30. The number of carbonyl (C=O) groups is 2. The lowest BCUT2D eigenvalue weighted by molar-refractivity contribution is -0.123. The average molecular weight is 352 g/mol. The maximum absolute atomic E-state index is 12.9. The molecule has 0 saturated carbocycles. The minimum atomic E-state index is -0.596. The molecular weight excluding hydrogens is 338 g/mol. The Kier molecular flexibility index (Phi) is 3.86. The van der Waals surface area contributed by atoms with Gasteiger partial charge in [-0.05, 0) is 23.8 Å². The Morgan fingerprint density at radius 1 is 1.20 bits per heavy atom. The van der Waals surface area contributed by atoms with Crippen LogP contribution in [0.4, 0.5) is 11.4 Å². The molecule has 2 N–H and O–H groups in total. The van der Waals surface area contributed by atoms with Gasteiger partial charge in [-0.2, -0.15) is 0 Å². The molecule has 5 nitrogen and oxygen atoms in total. The van der Waals surface area contributed by atoms with Crippen molar-refractivity contribution in [2.24, 2.45) is 0 Å². The highest BCUT2D eigenvalue weighted by atomic mass is 35.5. The number of anilines is 2. The van der Waals surface area contributed by atoms with Gasteiger partial charge in [0.2, 0.25) is 11.8 Å². The normalized spacial score (nSPS) is 16.2. The molecule has 124 valence electrons. The Labute approximate surface area is 149 Å². The maximum Gasteiger partial charge on any atom is 0.232 e. The number of amides is 2. The van der Waals surface area contributed by atoms with Crippen molar-refractivity contribution in [3.05, 3.63) is 65.4 Å². The van der Waals surface area contributed by atoms with E-state index < -0.39 is 5.92 Å². The number of hydrogen-bond donors (Lipinski definition) is 2. The molecule has 4 rings (SSSR count). The molecule has 1 atom stereocenters. The van der Waals surface area contributed by atoms with Crippen molar-refractivity contribution in [3.8, 4) is 0 Å². The Balaban J connectivity index is 1.70. The molecule has 25 heavy (non-hydrogen) atoms. The second-order valence-electron chi connectivity index (χ2n) is 5.93. The summed E-state index contributed by atoms with van der Waals surface area (Å²) in [6.07, 6.45) is 3.44. The molecule has 2 heterocycles. The van der Waals surface area contributed by atoms with Crippen molar-refractivity contribution >= 4 is 45.6 Å². The van der Waals surface area contributed by atoms with E-state index in [9.17, 15) is 9.59 Å². The Bertz CT molecular complexity index is 998. The van der Waals surface area contributed by atoms with Crippen molar-refractivity contribution in [1.29, 1.82) is 0 Å². The van der Waals surface area contributed by atoms with Crippen LogP contribution in [-0.4, -0.2) is 16.8 Å². The van der Waals surface area contributed by atoms with E-state index in [1.165, 1.54) is 0 Å². The van der Waals surface area contributed by atoms with Crippen molar-refractivity contribution < 1.29 is 9.59 Å². The van der Waals surface area contributed by atoms with Gasteiger partial charge in [0.25, 0.3) is 0 Å². The summed E-state index contributed by atoms with van der Waals surface area (Å²) in [5.41, 5.74) is 1.97. The summed E-state index contributed by atoms with van der Waals surface area (Å²) in [6.45, 7) is 0. The van der Waals surface area contributed by atoms with Crippen LogP contribution < -0.4 is 10.6 Å². The van der Waals surface area contributed by atoms with Crippen molar-refractivity contribution in [2.45, 2.75) is 12.3 Å². The summed E-state index contributed by atoms with van der Waals surface area (Å²) in [4.78, 5) is 29.0. The minimum Gasteiger partial charge on any atom is -0.326 e. The highest BCUT2D eigenvalue weighted by Crippen LogP contribution is 2.35. The molecule has 1 aromatic heterocycles. The number of pyridine rings is 1. The molecule has 1 aliphatic rings. The minimum absolute atomic E-state index is 0.0807. The molecule has 0 saturated heterocycles.